The summed E-state index contributed by atoms with van der Waals surface area (Å²) in [6.45, 7) is 4.69. The fourth-order valence-corrected chi connectivity index (χ4v) is 1.24. The van der Waals surface area contributed by atoms with Crippen molar-refractivity contribution in [1.82, 2.24) is 5.32 Å². The first kappa shape index (κ1) is 9.81. The lowest BCUT2D eigenvalue weighted by Crippen LogP contribution is -2.11. The molecule has 1 rings (SSSR count). The van der Waals surface area contributed by atoms with Crippen LogP contribution in [-0.4, -0.2) is 18.7 Å². The molecular weight excluding hydrogens is 162 g/mol. The molecule has 0 bridgehead atoms. The molecule has 0 radical (unpaired) electrons. The Morgan fingerprint density at radius 2 is 2.15 bits per heavy atom. The van der Waals surface area contributed by atoms with E-state index in [-0.39, 0.29) is 0 Å². The summed E-state index contributed by atoms with van der Waals surface area (Å²) in [7, 11) is 1.88. The minimum atomic E-state index is 0.347. The fraction of sp³-hybridized carbons (Fsp3) is 0.273. The Morgan fingerprint density at radius 1 is 1.46 bits per heavy atom. The van der Waals surface area contributed by atoms with Gasteiger partial charge in [0.2, 0.25) is 0 Å². The lowest BCUT2D eigenvalue weighted by molar-refractivity contribution is 0.469. The quantitative estimate of drug-likeness (QED) is 0.686. The first-order valence-corrected chi connectivity index (χ1v) is 4.32. The van der Waals surface area contributed by atoms with Crippen LogP contribution in [0.15, 0.2) is 36.4 Å². The van der Waals surface area contributed by atoms with Crippen LogP contribution in [0, 0.1) is 0 Å². The van der Waals surface area contributed by atoms with Crippen molar-refractivity contribution in [1.29, 1.82) is 0 Å². The molecule has 0 atom stereocenters. The highest BCUT2D eigenvalue weighted by atomic mass is 16.3. The minimum Gasteiger partial charge on any atom is -0.508 e. The number of rotatable bonds is 4. The van der Waals surface area contributed by atoms with Crippen LogP contribution in [0.4, 0.5) is 0 Å². The average Bonchev–Trinajstić information content (AvgIpc) is 2.09. The Labute approximate surface area is 78.9 Å². The van der Waals surface area contributed by atoms with Crippen LogP contribution >= 0.6 is 0 Å². The number of nitrogens with one attached hydrogen (secondary N) is 1. The van der Waals surface area contributed by atoms with Gasteiger partial charge in [-0.1, -0.05) is 30.4 Å². The second-order valence-electron chi connectivity index (χ2n) is 3.09. The number of para-hydroxylation sites is 1. The first-order chi connectivity index (χ1) is 6.24. The standard InChI is InChI=1S/C11H15NO/c1-9(8-12-2)7-10-5-3-4-6-11(10)13/h3-6,12-13H,1,7-8H2,2H3. The van der Waals surface area contributed by atoms with Crippen molar-refractivity contribution in [3.63, 3.8) is 0 Å². The molecule has 1 aromatic carbocycles. The number of likely N-dealkylation sites (N-methyl/N-ethyl adjacent to an activating group) is 1. The van der Waals surface area contributed by atoms with Gasteiger partial charge in [0, 0.05) is 6.54 Å². The van der Waals surface area contributed by atoms with E-state index in [4.69, 9.17) is 0 Å². The molecule has 0 saturated heterocycles. The molecule has 0 unspecified atom stereocenters. The molecule has 0 aliphatic heterocycles. The van der Waals surface area contributed by atoms with Gasteiger partial charge in [-0.15, -0.1) is 0 Å². The Bertz CT molecular complexity index is 294. The second kappa shape index (κ2) is 4.67. The minimum absolute atomic E-state index is 0.347. The monoisotopic (exact) mass is 177 g/mol. The highest BCUT2D eigenvalue weighted by molar-refractivity contribution is 5.34. The van der Waals surface area contributed by atoms with Gasteiger partial charge in [0.1, 0.15) is 5.75 Å². The fourth-order valence-electron chi connectivity index (χ4n) is 1.24. The third kappa shape index (κ3) is 2.92. The van der Waals surface area contributed by atoms with Gasteiger partial charge in [-0.05, 0) is 25.1 Å². The second-order valence-corrected chi connectivity index (χ2v) is 3.09. The molecule has 0 aliphatic carbocycles. The number of phenolic OH excluding ortho intramolecular Hbond substituents is 1. The van der Waals surface area contributed by atoms with Gasteiger partial charge in [-0.3, -0.25) is 0 Å². The van der Waals surface area contributed by atoms with Gasteiger partial charge in [0.15, 0.2) is 0 Å². The third-order valence-electron chi connectivity index (χ3n) is 1.86. The van der Waals surface area contributed by atoms with Gasteiger partial charge in [0.05, 0.1) is 0 Å². The summed E-state index contributed by atoms with van der Waals surface area (Å²) in [6.07, 6.45) is 0.730. The molecule has 2 heteroatoms. The number of hydrogen-bond acceptors (Lipinski definition) is 2. The predicted octanol–water partition coefficient (Wildman–Crippen LogP) is 1.71. The average molecular weight is 177 g/mol. The van der Waals surface area contributed by atoms with Crippen LogP contribution in [0.2, 0.25) is 0 Å². The van der Waals surface area contributed by atoms with Crippen molar-refractivity contribution in [2.75, 3.05) is 13.6 Å². The summed E-state index contributed by atoms with van der Waals surface area (Å²) in [5.74, 6) is 0.347. The molecule has 0 aromatic heterocycles. The zero-order chi connectivity index (χ0) is 9.68. The smallest absolute Gasteiger partial charge is 0.119 e. The van der Waals surface area contributed by atoms with Gasteiger partial charge in [-0.25, -0.2) is 0 Å². The Hall–Kier alpha value is -1.28. The van der Waals surface area contributed by atoms with Gasteiger partial charge >= 0.3 is 0 Å². The molecule has 0 spiro atoms. The maximum atomic E-state index is 9.47. The molecule has 13 heavy (non-hydrogen) atoms. The number of phenols is 1. The topological polar surface area (TPSA) is 32.3 Å². The summed E-state index contributed by atoms with van der Waals surface area (Å²) < 4.78 is 0. The highest BCUT2D eigenvalue weighted by Crippen LogP contribution is 2.18. The van der Waals surface area contributed by atoms with Crippen LogP contribution in [0.3, 0.4) is 0 Å². The van der Waals surface area contributed by atoms with Crippen LogP contribution < -0.4 is 5.32 Å². The zero-order valence-corrected chi connectivity index (χ0v) is 7.88. The summed E-state index contributed by atoms with van der Waals surface area (Å²) >= 11 is 0. The summed E-state index contributed by atoms with van der Waals surface area (Å²) in [4.78, 5) is 0. The molecule has 2 nitrogen and oxygen atoms in total. The largest absolute Gasteiger partial charge is 0.508 e. The van der Waals surface area contributed by atoms with E-state index < -0.39 is 0 Å². The number of hydrogen-bond donors (Lipinski definition) is 2. The van der Waals surface area contributed by atoms with E-state index in [2.05, 4.69) is 11.9 Å². The zero-order valence-electron chi connectivity index (χ0n) is 7.88. The van der Waals surface area contributed by atoms with E-state index in [1.807, 2.05) is 25.2 Å². The van der Waals surface area contributed by atoms with Crippen molar-refractivity contribution < 1.29 is 5.11 Å². The SMILES string of the molecule is C=C(CNC)Cc1ccccc1O. The van der Waals surface area contributed by atoms with Crippen molar-refractivity contribution in [3.8, 4) is 5.75 Å². The highest BCUT2D eigenvalue weighted by Gasteiger charge is 2.00. The molecule has 0 saturated carbocycles. The van der Waals surface area contributed by atoms with Crippen molar-refractivity contribution in [3.05, 3.63) is 42.0 Å². The van der Waals surface area contributed by atoms with E-state index in [0.29, 0.717) is 5.75 Å². The van der Waals surface area contributed by atoms with Crippen molar-refractivity contribution in [2.45, 2.75) is 6.42 Å². The van der Waals surface area contributed by atoms with Crippen LogP contribution in [0.25, 0.3) is 0 Å². The van der Waals surface area contributed by atoms with E-state index in [1.165, 1.54) is 0 Å². The lowest BCUT2D eigenvalue weighted by atomic mass is 10.1. The molecule has 0 amide bonds. The van der Waals surface area contributed by atoms with E-state index >= 15 is 0 Å². The Balaban J connectivity index is 2.63. The number of benzene rings is 1. The Morgan fingerprint density at radius 3 is 2.77 bits per heavy atom. The maximum Gasteiger partial charge on any atom is 0.119 e. The molecule has 0 aliphatic rings. The van der Waals surface area contributed by atoms with E-state index in [0.717, 1.165) is 24.1 Å². The van der Waals surface area contributed by atoms with Crippen LogP contribution in [0.1, 0.15) is 5.56 Å². The summed E-state index contributed by atoms with van der Waals surface area (Å²) in [5, 5.41) is 12.5. The van der Waals surface area contributed by atoms with Crippen molar-refractivity contribution >= 4 is 0 Å². The number of aromatic hydroxyl groups is 1. The van der Waals surface area contributed by atoms with E-state index in [1.54, 1.807) is 6.07 Å². The Kier molecular flexibility index (Phi) is 3.53. The molecule has 2 N–H and O–H groups in total. The van der Waals surface area contributed by atoms with Gasteiger partial charge < -0.3 is 10.4 Å². The van der Waals surface area contributed by atoms with E-state index in [9.17, 15) is 5.11 Å². The molecule has 70 valence electrons. The molecule has 0 fully saturated rings. The first-order valence-electron chi connectivity index (χ1n) is 4.32. The lowest BCUT2D eigenvalue weighted by Gasteiger charge is -2.06. The summed E-state index contributed by atoms with van der Waals surface area (Å²) in [6, 6.07) is 7.35. The van der Waals surface area contributed by atoms with Crippen LogP contribution in [-0.2, 0) is 6.42 Å². The van der Waals surface area contributed by atoms with Gasteiger partial charge in [0.25, 0.3) is 0 Å². The molecular formula is C11H15NO. The predicted molar refractivity (Wildman–Crippen MR) is 54.9 cm³/mol. The molecule has 0 heterocycles. The van der Waals surface area contributed by atoms with Crippen LogP contribution in [0.5, 0.6) is 5.75 Å². The molecule has 1 aromatic rings. The normalized spacial score (nSPS) is 9.92. The summed E-state index contributed by atoms with van der Waals surface area (Å²) in [5.41, 5.74) is 2.01. The maximum absolute atomic E-state index is 9.47. The third-order valence-corrected chi connectivity index (χ3v) is 1.86. The van der Waals surface area contributed by atoms with Crippen molar-refractivity contribution in [2.24, 2.45) is 0 Å². The van der Waals surface area contributed by atoms with Gasteiger partial charge in [-0.2, -0.15) is 0 Å².